The molecule has 2 aromatic carbocycles. The van der Waals surface area contributed by atoms with Gasteiger partial charge in [0.2, 0.25) is 5.91 Å². The summed E-state index contributed by atoms with van der Waals surface area (Å²) in [5.74, 6) is 1.73. The molecular weight excluding hydrogens is 410 g/mol. The number of rotatable bonds is 6. The molecular formula is C26H30ClNO3. The van der Waals surface area contributed by atoms with Crippen molar-refractivity contribution in [3.05, 3.63) is 58.6 Å². The third-order valence-corrected chi connectivity index (χ3v) is 7.36. The molecule has 1 spiro atoms. The van der Waals surface area contributed by atoms with Gasteiger partial charge < -0.3 is 14.8 Å². The molecule has 1 heterocycles. The molecule has 2 fully saturated rings. The van der Waals surface area contributed by atoms with Crippen LogP contribution in [0.15, 0.2) is 42.5 Å². The summed E-state index contributed by atoms with van der Waals surface area (Å²) >= 11 is 6.43. The molecule has 5 heteroatoms. The van der Waals surface area contributed by atoms with Crippen LogP contribution in [0, 0.1) is 0 Å². The molecule has 3 aliphatic rings. The molecule has 2 saturated carbocycles. The van der Waals surface area contributed by atoms with Crippen LogP contribution in [0.3, 0.4) is 0 Å². The Hall–Kier alpha value is -2.20. The molecule has 164 valence electrons. The van der Waals surface area contributed by atoms with E-state index in [2.05, 4.69) is 11.4 Å². The largest absolute Gasteiger partial charge is 0.490 e. The van der Waals surface area contributed by atoms with E-state index in [0.717, 1.165) is 61.2 Å². The Morgan fingerprint density at radius 1 is 1.10 bits per heavy atom. The van der Waals surface area contributed by atoms with E-state index in [-0.39, 0.29) is 17.6 Å². The van der Waals surface area contributed by atoms with Gasteiger partial charge in [-0.2, -0.15) is 0 Å². The molecule has 0 unspecified atom stereocenters. The molecule has 1 N–H and O–H groups in total. The zero-order chi connectivity index (χ0) is 21.3. The van der Waals surface area contributed by atoms with Gasteiger partial charge in [0, 0.05) is 18.4 Å². The highest BCUT2D eigenvalue weighted by Crippen LogP contribution is 2.50. The quantitative estimate of drug-likeness (QED) is 0.586. The van der Waals surface area contributed by atoms with Gasteiger partial charge in [-0.1, -0.05) is 41.9 Å². The normalized spacial score (nSPS) is 21.8. The van der Waals surface area contributed by atoms with E-state index >= 15 is 0 Å². The van der Waals surface area contributed by atoms with E-state index in [1.54, 1.807) is 0 Å². The Labute approximate surface area is 189 Å². The molecule has 2 aromatic rings. The third kappa shape index (κ3) is 4.41. The minimum Gasteiger partial charge on any atom is -0.490 e. The number of carbonyl (C=O) groups excluding carboxylic acids is 1. The van der Waals surface area contributed by atoms with Gasteiger partial charge in [-0.05, 0) is 69.1 Å². The number of carbonyl (C=O) groups is 1. The SMILES string of the molecule is O=C(CCc1ccccc1OC1CCCC1)N[C@H]1CC2(CCC2)Oc2c(Cl)cccc21. The second-order valence-electron chi connectivity index (χ2n) is 9.25. The smallest absolute Gasteiger partial charge is 0.220 e. The molecule has 1 aliphatic heterocycles. The molecule has 2 aliphatic carbocycles. The Bertz CT molecular complexity index is 949. The van der Waals surface area contributed by atoms with Crippen LogP contribution in [0.5, 0.6) is 11.5 Å². The standard InChI is InChI=1S/C26H30ClNO3/c27-21-11-5-10-20-22(17-26(15-6-16-26)31-25(20)21)28-24(29)14-13-18-7-1-4-12-23(18)30-19-8-2-3-9-19/h1,4-5,7,10-12,19,22H,2-3,6,8-9,13-17H2,(H,28,29)/t22-/m0/s1. The number of nitrogens with one attached hydrogen (secondary N) is 1. The Morgan fingerprint density at radius 3 is 2.68 bits per heavy atom. The fraction of sp³-hybridized carbons (Fsp3) is 0.500. The van der Waals surface area contributed by atoms with E-state index in [1.807, 2.05) is 36.4 Å². The zero-order valence-corrected chi connectivity index (χ0v) is 18.6. The average Bonchev–Trinajstić information content (AvgIpc) is 3.26. The van der Waals surface area contributed by atoms with Gasteiger partial charge in [0.15, 0.2) is 0 Å². The second kappa shape index (κ2) is 8.74. The molecule has 4 nitrogen and oxygen atoms in total. The summed E-state index contributed by atoms with van der Waals surface area (Å²) in [6.07, 6.45) is 10.2. The van der Waals surface area contributed by atoms with Crippen molar-refractivity contribution < 1.29 is 14.3 Å². The molecule has 31 heavy (non-hydrogen) atoms. The lowest BCUT2D eigenvalue weighted by molar-refractivity contribution is -0.123. The fourth-order valence-corrected chi connectivity index (χ4v) is 5.40. The van der Waals surface area contributed by atoms with Crippen LogP contribution in [0.1, 0.15) is 75.0 Å². The first-order chi connectivity index (χ1) is 15.1. The van der Waals surface area contributed by atoms with E-state index in [1.165, 1.54) is 12.8 Å². The molecule has 0 saturated heterocycles. The van der Waals surface area contributed by atoms with E-state index in [9.17, 15) is 4.79 Å². The van der Waals surface area contributed by atoms with Crippen molar-refractivity contribution >= 4 is 17.5 Å². The Balaban J connectivity index is 1.25. The number of amides is 1. The van der Waals surface area contributed by atoms with Crippen molar-refractivity contribution in [2.75, 3.05) is 0 Å². The van der Waals surface area contributed by atoms with Crippen LogP contribution < -0.4 is 14.8 Å². The lowest BCUT2D eigenvalue weighted by Gasteiger charge is -2.48. The van der Waals surface area contributed by atoms with Gasteiger partial charge in [0.1, 0.15) is 17.1 Å². The lowest BCUT2D eigenvalue weighted by Crippen LogP contribution is -2.49. The Morgan fingerprint density at radius 2 is 1.90 bits per heavy atom. The summed E-state index contributed by atoms with van der Waals surface area (Å²) in [4.78, 5) is 12.9. The van der Waals surface area contributed by atoms with Gasteiger partial charge in [-0.3, -0.25) is 4.79 Å². The van der Waals surface area contributed by atoms with Gasteiger partial charge in [-0.15, -0.1) is 0 Å². The predicted octanol–water partition coefficient (Wildman–Crippen LogP) is 6.16. The number of hydrogen-bond donors (Lipinski definition) is 1. The number of benzene rings is 2. The molecule has 1 atom stereocenters. The van der Waals surface area contributed by atoms with Crippen molar-refractivity contribution in [1.29, 1.82) is 0 Å². The molecule has 1 amide bonds. The van der Waals surface area contributed by atoms with Crippen molar-refractivity contribution in [1.82, 2.24) is 5.32 Å². The minimum atomic E-state index is -0.169. The maximum atomic E-state index is 12.9. The molecule has 0 aromatic heterocycles. The van der Waals surface area contributed by atoms with Crippen molar-refractivity contribution in [2.24, 2.45) is 0 Å². The molecule has 0 bridgehead atoms. The maximum Gasteiger partial charge on any atom is 0.220 e. The highest BCUT2D eigenvalue weighted by Gasteiger charge is 2.46. The number of ether oxygens (including phenoxy) is 2. The summed E-state index contributed by atoms with van der Waals surface area (Å²) < 4.78 is 12.5. The van der Waals surface area contributed by atoms with Gasteiger partial charge in [0.05, 0.1) is 17.2 Å². The van der Waals surface area contributed by atoms with Gasteiger partial charge >= 0.3 is 0 Å². The van der Waals surface area contributed by atoms with Crippen molar-refractivity contribution in [3.63, 3.8) is 0 Å². The number of hydrogen-bond acceptors (Lipinski definition) is 3. The highest BCUT2D eigenvalue weighted by molar-refractivity contribution is 6.32. The first-order valence-electron chi connectivity index (χ1n) is 11.6. The number of fused-ring (bicyclic) bond motifs is 1. The van der Waals surface area contributed by atoms with Crippen LogP contribution in [-0.4, -0.2) is 17.6 Å². The third-order valence-electron chi connectivity index (χ3n) is 7.06. The molecule has 5 rings (SSSR count). The summed E-state index contributed by atoms with van der Waals surface area (Å²) in [6, 6.07) is 13.9. The monoisotopic (exact) mass is 439 g/mol. The number of aryl methyl sites for hydroxylation is 1. The van der Waals surface area contributed by atoms with E-state index < -0.39 is 0 Å². The van der Waals surface area contributed by atoms with Crippen molar-refractivity contribution in [2.45, 2.75) is 82.0 Å². The Kier molecular flexibility index (Phi) is 5.83. The summed E-state index contributed by atoms with van der Waals surface area (Å²) in [5, 5.41) is 3.90. The fourth-order valence-electron chi connectivity index (χ4n) is 5.18. The summed E-state index contributed by atoms with van der Waals surface area (Å²) in [7, 11) is 0. The first kappa shape index (κ1) is 20.7. The second-order valence-corrected chi connectivity index (χ2v) is 9.66. The average molecular weight is 440 g/mol. The van der Waals surface area contributed by atoms with Gasteiger partial charge in [0.25, 0.3) is 0 Å². The number of para-hydroxylation sites is 2. The molecule has 0 radical (unpaired) electrons. The lowest BCUT2D eigenvalue weighted by atomic mass is 9.73. The maximum absolute atomic E-state index is 12.9. The summed E-state index contributed by atoms with van der Waals surface area (Å²) in [5.41, 5.74) is 1.93. The zero-order valence-electron chi connectivity index (χ0n) is 17.9. The van der Waals surface area contributed by atoms with Crippen LogP contribution >= 0.6 is 11.6 Å². The topological polar surface area (TPSA) is 47.6 Å². The van der Waals surface area contributed by atoms with Crippen LogP contribution in [0.25, 0.3) is 0 Å². The van der Waals surface area contributed by atoms with Crippen LogP contribution in [0.4, 0.5) is 0 Å². The highest BCUT2D eigenvalue weighted by atomic mass is 35.5. The van der Waals surface area contributed by atoms with Crippen LogP contribution in [0.2, 0.25) is 5.02 Å². The summed E-state index contributed by atoms with van der Waals surface area (Å²) in [6.45, 7) is 0. The van der Waals surface area contributed by atoms with Gasteiger partial charge in [-0.25, -0.2) is 0 Å². The minimum absolute atomic E-state index is 0.0553. The van der Waals surface area contributed by atoms with E-state index in [0.29, 0.717) is 24.0 Å². The van der Waals surface area contributed by atoms with E-state index in [4.69, 9.17) is 21.1 Å². The predicted molar refractivity (Wildman–Crippen MR) is 122 cm³/mol. The van der Waals surface area contributed by atoms with Crippen molar-refractivity contribution in [3.8, 4) is 11.5 Å². The van der Waals surface area contributed by atoms with Crippen LogP contribution in [-0.2, 0) is 11.2 Å². The number of halogens is 1. The first-order valence-corrected chi connectivity index (χ1v) is 12.0.